The number of nitrogens with zero attached hydrogens (tertiary/aromatic N) is 2. The maximum atomic E-state index is 11.9. The van der Waals surface area contributed by atoms with Gasteiger partial charge in [0, 0.05) is 46.6 Å². The van der Waals surface area contributed by atoms with Gasteiger partial charge in [-0.1, -0.05) is 37.6 Å². The minimum absolute atomic E-state index is 0.305. The summed E-state index contributed by atoms with van der Waals surface area (Å²) in [5.41, 5.74) is 6.23. The zero-order chi connectivity index (χ0) is 23.8. The van der Waals surface area contributed by atoms with E-state index < -0.39 is 0 Å². The molecular formula is C27H32BrClN2O2. The van der Waals surface area contributed by atoms with Crippen molar-refractivity contribution in [2.24, 2.45) is 5.41 Å². The summed E-state index contributed by atoms with van der Waals surface area (Å²) in [4.78, 5) is 17.0. The normalized spacial score (nSPS) is 20.7. The Hall–Kier alpha value is -1.98. The first-order valence-corrected chi connectivity index (χ1v) is 12.7. The summed E-state index contributed by atoms with van der Waals surface area (Å²) in [5, 5.41) is 0.780. The summed E-state index contributed by atoms with van der Waals surface area (Å²) in [5.74, 6) is -0.326. The molecule has 0 spiro atoms. The lowest BCUT2D eigenvalue weighted by molar-refractivity contribution is 0.0599. The topological polar surface area (TPSA) is 32.8 Å². The number of rotatable bonds is 4. The van der Waals surface area contributed by atoms with Crippen LogP contribution in [-0.4, -0.2) is 43.7 Å². The van der Waals surface area contributed by atoms with E-state index in [1.807, 2.05) is 30.3 Å². The van der Waals surface area contributed by atoms with Gasteiger partial charge in [0.2, 0.25) is 0 Å². The average molecular weight is 532 g/mol. The van der Waals surface area contributed by atoms with Crippen LogP contribution in [0.1, 0.15) is 56.0 Å². The van der Waals surface area contributed by atoms with Gasteiger partial charge in [-0.3, -0.25) is 0 Å². The molecule has 0 saturated carbocycles. The zero-order valence-electron chi connectivity index (χ0n) is 19.8. The lowest BCUT2D eigenvalue weighted by atomic mass is 9.74. The van der Waals surface area contributed by atoms with Crippen LogP contribution < -0.4 is 4.90 Å². The molecule has 1 unspecified atom stereocenters. The number of ether oxygens (including phenoxy) is 1. The van der Waals surface area contributed by atoms with Crippen LogP contribution in [0.2, 0.25) is 5.02 Å². The van der Waals surface area contributed by atoms with Crippen molar-refractivity contribution in [1.82, 2.24) is 4.90 Å². The smallest absolute Gasteiger partial charge is 0.339 e. The Morgan fingerprint density at radius 1 is 1.15 bits per heavy atom. The number of carbonyl (C=O) groups is 1. The van der Waals surface area contributed by atoms with E-state index in [1.54, 1.807) is 0 Å². The number of carbonyl (C=O) groups excluding carboxylic acids is 1. The van der Waals surface area contributed by atoms with Crippen LogP contribution >= 0.6 is 27.5 Å². The fourth-order valence-corrected chi connectivity index (χ4v) is 5.74. The van der Waals surface area contributed by atoms with E-state index in [9.17, 15) is 4.79 Å². The molecule has 6 heteroatoms. The number of hydrogen-bond donors (Lipinski definition) is 0. The van der Waals surface area contributed by atoms with Gasteiger partial charge in [-0.2, -0.15) is 0 Å². The first-order chi connectivity index (χ1) is 15.7. The van der Waals surface area contributed by atoms with Crippen LogP contribution in [-0.2, 0) is 4.74 Å². The van der Waals surface area contributed by atoms with Gasteiger partial charge in [0.05, 0.1) is 12.7 Å². The minimum atomic E-state index is -0.326. The number of allylic oxidation sites excluding steroid dienone is 2. The molecule has 4 nitrogen and oxygen atoms in total. The van der Waals surface area contributed by atoms with Crippen LogP contribution in [0, 0.1) is 5.41 Å². The molecule has 176 valence electrons. The third-order valence-electron chi connectivity index (χ3n) is 6.93. The van der Waals surface area contributed by atoms with Crippen LogP contribution in [0.4, 0.5) is 5.69 Å². The summed E-state index contributed by atoms with van der Waals surface area (Å²) in [7, 11) is 1.41. The number of halogens is 2. The third kappa shape index (κ3) is 5.25. The van der Waals surface area contributed by atoms with Crippen molar-refractivity contribution in [3.63, 3.8) is 0 Å². The highest BCUT2D eigenvalue weighted by Crippen LogP contribution is 2.44. The van der Waals surface area contributed by atoms with Gasteiger partial charge < -0.3 is 14.5 Å². The zero-order valence-corrected chi connectivity index (χ0v) is 22.2. The highest BCUT2D eigenvalue weighted by atomic mass is 79.9. The number of piperazine rings is 1. The molecule has 2 aliphatic rings. The highest BCUT2D eigenvalue weighted by Gasteiger charge is 2.33. The van der Waals surface area contributed by atoms with Crippen LogP contribution in [0.15, 0.2) is 52.6 Å². The first kappa shape index (κ1) is 24.2. The largest absolute Gasteiger partial charge is 0.465 e. The quantitative estimate of drug-likeness (QED) is 0.397. The third-order valence-corrected chi connectivity index (χ3v) is 7.84. The Morgan fingerprint density at radius 3 is 2.52 bits per heavy atom. The Bertz CT molecular complexity index is 1060. The van der Waals surface area contributed by atoms with Gasteiger partial charge in [-0.15, -0.1) is 0 Å². The van der Waals surface area contributed by atoms with Crippen molar-refractivity contribution in [3.8, 4) is 0 Å². The van der Waals surface area contributed by atoms with Gasteiger partial charge >= 0.3 is 5.97 Å². The van der Waals surface area contributed by atoms with Gasteiger partial charge in [0.1, 0.15) is 0 Å². The fourth-order valence-electron chi connectivity index (χ4n) is 5.09. The molecule has 0 amide bonds. The fraction of sp³-hybridized carbons (Fsp3) is 0.444. The molecule has 0 aromatic heterocycles. The molecule has 1 fully saturated rings. The van der Waals surface area contributed by atoms with Crippen molar-refractivity contribution in [2.45, 2.75) is 46.1 Å². The van der Waals surface area contributed by atoms with Crippen LogP contribution in [0.3, 0.4) is 0 Å². The second-order valence-corrected chi connectivity index (χ2v) is 11.2. The van der Waals surface area contributed by atoms with Gasteiger partial charge in [-0.05, 0) is 89.0 Å². The van der Waals surface area contributed by atoms with E-state index in [1.165, 1.54) is 30.4 Å². The molecular weight excluding hydrogens is 500 g/mol. The lowest BCUT2D eigenvalue weighted by Gasteiger charge is -2.46. The summed E-state index contributed by atoms with van der Waals surface area (Å²) in [6, 6.07) is 14.6. The van der Waals surface area contributed by atoms with E-state index in [-0.39, 0.29) is 5.97 Å². The number of anilines is 1. The van der Waals surface area contributed by atoms with E-state index in [2.05, 4.69) is 58.6 Å². The SMILES string of the molecule is COC(=O)c1ccc(N2CCN(C3=C(c4ccc(Cl)cc4)CC(C)(C)CC3)CC2C)cc1Br. The van der Waals surface area contributed by atoms with Crippen LogP contribution in [0.25, 0.3) is 5.57 Å². The van der Waals surface area contributed by atoms with Crippen molar-refractivity contribution < 1.29 is 9.53 Å². The van der Waals surface area contributed by atoms with Gasteiger partial charge in [0.25, 0.3) is 0 Å². The summed E-state index contributed by atoms with van der Waals surface area (Å²) < 4.78 is 5.64. The number of hydrogen-bond acceptors (Lipinski definition) is 4. The van der Waals surface area contributed by atoms with Gasteiger partial charge in [-0.25, -0.2) is 4.79 Å². The van der Waals surface area contributed by atoms with E-state index >= 15 is 0 Å². The molecule has 2 aromatic carbocycles. The average Bonchev–Trinajstić information content (AvgIpc) is 2.78. The second kappa shape index (κ2) is 9.71. The number of esters is 1. The molecule has 2 aromatic rings. The molecule has 1 heterocycles. The molecule has 0 bridgehead atoms. The summed E-state index contributed by atoms with van der Waals surface area (Å²) >= 11 is 9.71. The van der Waals surface area contributed by atoms with Crippen molar-refractivity contribution >= 4 is 44.8 Å². The lowest BCUT2D eigenvalue weighted by Crippen LogP contribution is -2.52. The minimum Gasteiger partial charge on any atom is -0.465 e. The summed E-state index contributed by atoms with van der Waals surface area (Å²) in [6.45, 7) is 9.92. The Kier molecular flexibility index (Phi) is 7.11. The van der Waals surface area contributed by atoms with E-state index in [4.69, 9.17) is 16.3 Å². The Morgan fingerprint density at radius 2 is 1.88 bits per heavy atom. The number of methoxy groups -OCH3 is 1. The predicted molar refractivity (Wildman–Crippen MR) is 140 cm³/mol. The van der Waals surface area contributed by atoms with E-state index in [0.29, 0.717) is 17.0 Å². The molecule has 33 heavy (non-hydrogen) atoms. The molecule has 1 saturated heterocycles. The Balaban J connectivity index is 1.57. The second-order valence-electron chi connectivity index (χ2n) is 9.92. The molecule has 0 radical (unpaired) electrons. The van der Waals surface area contributed by atoms with Gasteiger partial charge in [0.15, 0.2) is 0 Å². The first-order valence-electron chi connectivity index (χ1n) is 11.6. The molecule has 4 rings (SSSR count). The maximum Gasteiger partial charge on any atom is 0.339 e. The molecule has 1 aliphatic carbocycles. The monoisotopic (exact) mass is 530 g/mol. The molecule has 1 aliphatic heterocycles. The van der Waals surface area contributed by atoms with Crippen molar-refractivity contribution in [1.29, 1.82) is 0 Å². The molecule has 0 N–H and O–H groups in total. The standard InChI is InChI=1S/C27H32BrClN2O2/c1-18-17-30(13-14-31(18)21-9-10-22(24(28)15-21)26(32)33-4)25-11-12-27(2,3)16-23(25)19-5-7-20(29)8-6-19/h5-10,15,18H,11-14,16-17H2,1-4H3. The van der Waals surface area contributed by atoms with E-state index in [0.717, 1.165) is 47.7 Å². The number of benzene rings is 2. The molecule has 1 atom stereocenters. The Labute approximate surface area is 210 Å². The highest BCUT2D eigenvalue weighted by molar-refractivity contribution is 9.10. The maximum absolute atomic E-state index is 11.9. The van der Waals surface area contributed by atoms with Crippen molar-refractivity contribution in [3.05, 3.63) is 68.8 Å². The van der Waals surface area contributed by atoms with Crippen molar-refractivity contribution in [2.75, 3.05) is 31.6 Å². The predicted octanol–water partition coefficient (Wildman–Crippen LogP) is 7.02. The van der Waals surface area contributed by atoms with Crippen LogP contribution in [0.5, 0.6) is 0 Å². The summed E-state index contributed by atoms with van der Waals surface area (Å²) in [6.07, 6.45) is 3.40.